The highest BCUT2D eigenvalue weighted by atomic mass is 16.5. The van der Waals surface area contributed by atoms with Crippen LogP contribution >= 0.6 is 0 Å². The molecule has 2 rings (SSSR count). The molecule has 1 aromatic rings. The number of allylic oxidation sites excluding steroid dienone is 4. The zero-order chi connectivity index (χ0) is 11.9. The molecule has 1 aliphatic rings. The zero-order valence-electron chi connectivity index (χ0n) is 9.50. The van der Waals surface area contributed by atoms with Crippen molar-refractivity contribution in [2.75, 3.05) is 6.61 Å². The summed E-state index contributed by atoms with van der Waals surface area (Å²) < 4.78 is 5.19. The van der Waals surface area contributed by atoms with Gasteiger partial charge in [0.05, 0.1) is 12.2 Å². The Kier molecular flexibility index (Phi) is 3.92. The number of esters is 1. The first kappa shape index (κ1) is 11.4. The van der Waals surface area contributed by atoms with Crippen molar-refractivity contribution in [3.63, 3.8) is 0 Å². The van der Waals surface area contributed by atoms with Gasteiger partial charge in [-0.2, -0.15) is 0 Å². The fourth-order valence-electron chi connectivity index (χ4n) is 1.59. The molecule has 1 aromatic carbocycles. The van der Waals surface area contributed by atoms with Gasteiger partial charge in [-0.1, -0.05) is 54.7 Å². The van der Waals surface area contributed by atoms with Crippen LogP contribution < -0.4 is 0 Å². The molecule has 0 unspecified atom stereocenters. The van der Waals surface area contributed by atoms with Crippen LogP contribution in [0.3, 0.4) is 0 Å². The van der Waals surface area contributed by atoms with Gasteiger partial charge in [0.1, 0.15) is 0 Å². The van der Waals surface area contributed by atoms with Crippen LogP contribution in [0.5, 0.6) is 0 Å². The van der Waals surface area contributed by atoms with E-state index >= 15 is 0 Å². The summed E-state index contributed by atoms with van der Waals surface area (Å²) in [5.74, 6) is -0.261. The van der Waals surface area contributed by atoms with Crippen molar-refractivity contribution >= 4 is 12.0 Å². The van der Waals surface area contributed by atoms with Crippen LogP contribution in [0.1, 0.15) is 22.3 Å². The quantitative estimate of drug-likeness (QED) is 0.634. The Labute approximate surface area is 101 Å². The summed E-state index contributed by atoms with van der Waals surface area (Å²) in [5, 5.41) is 0. The average molecular weight is 226 g/mol. The van der Waals surface area contributed by atoms with Crippen molar-refractivity contribution in [3.05, 3.63) is 65.8 Å². The molecule has 0 spiro atoms. The van der Waals surface area contributed by atoms with Crippen LogP contribution in [-0.2, 0) is 4.74 Å². The fourth-order valence-corrected chi connectivity index (χ4v) is 1.59. The Morgan fingerprint density at radius 1 is 1.00 bits per heavy atom. The van der Waals surface area contributed by atoms with Gasteiger partial charge in [-0.3, -0.25) is 0 Å². The number of rotatable bonds is 0. The number of cyclic esters (lactones) is 1. The van der Waals surface area contributed by atoms with Gasteiger partial charge >= 0.3 is 5.97 Å². The van der Waals surface area contributed by atoms with E-state index in [0.29, 0.717) is 12.2 Å². The van der Waals surface area contributed by atoms with Crippen LogP contribution in [-0.4, -0.2) is 12.6 Å². The molecular weight excluding hydrogens is 212 g/mol. The summed E-state index contributed by atoms with van der Waals surface area (Å²) in [6.07, 6.45) is 12.4. The number of benzene rings is 1. The standard InChI is InChI=1S/C15H14O2/c16-15-14-11-7-6-10-13(14)9-5-3-1-2-4-8-12-17-15/h1-7,9-11H,8,12H2/b3-1-,4-2-,9-5+. The van der Waals surface area contributed by atoms with E-state index in [9.17, 15) is 4.79 Å². The van der Waals surface area contributed by atoms with Crippen LogP contribution in [0.4, 0.5) is 0 Å². The van der Waals surface area contributed by atoms with E-state index in [-0.39, 0.29) is 5.97 Å². The molecule has 2 heteroatoms. The van der Waals surface area contributed by atoms with Gasteiger partial charge in [0.2, 0.25) is 0 Å². The summed E-state index contributed by atoms with van der Waals surface area (Å²) in [7, 11) is 0. The largest absolute Gasteiger partial charge is 0.462 e. The molecule has 2 nitrogen and oxygen atoms in total. The Balaban J connectivity index is 2.34. The summed E-state index contributed by atoms with van der Waals surface area (Å²) in [4.78, 5) is 11.8. The first-order chi connectivity index (χ1) is 8.38. The van der Waals surface area contributed by atoms with E-state index in [4.69, 9.17) is 4.74 Å². The number of hydrogen-bond acceptors (Lipinski definition) is 2. The predicted molar refractivity (Wildman–Crippen MR) is 68.7 cm³/mol. The van der Waals surface area contributed by atoms with E-state index in [1.54, 1.807) is 6.07 Å². The first-order valence-electron chi connectivity index (χ1n) is 5.64. The summed E-state index contributed by atoms with van der Waals surface area (Å²) in [5.41, 5.74) is 1.49. The number of carbonyl (C=O) groups excluding carboxylic acids is 1. The lowest BCUT2D eigenvalue weighted by Gasteiger charge is -2.06. The molecule has 0 bridgehead atoms. The van der Waals surface area contributed by atoms with Crippen molar-refractivity contribution in [2.45, 2.75) is 6.42 Å². The summed E-state index contributed by atoms with van der Waals surface area (Å²) >= 11 is 0. The molecule has 17 heavy (non-hydrogen) atoms. The molecule has 0 N–H and O–H groups in total. The molecule has 86 valence electrons. The maximum atomic E-state index is 11.8. The van der Waals surface area contributed by atoms with Crippen molar-refractivity contribution in [2.24, 2.45) is 0 Å². The molecule has 0 saturated carbocycles. The Morgan fingerprint density at radius 3 is 2.76 bits per heavy atom. The average Bonchev–Trinajstić information content (AvgIpc) is 2.35. The number of hydrogen-bond donors (Lipinski definition) is 0. The van der Waals surface area contributed by atoms with E-state index in [1.807, 2.05) is 54.7 Å². The van der Waals surface area contributed by atoms with Crippen LogP contribution in [0.15, 0.2) is 54.6 Å². The SMILES string of the molecule is O=C1OCC\C=C/C=C\C=C\c2ccccc21. The summed E-state index contributed by atoms with van der Waals surface area (Å²) in [6, 6.07) is 7.44. The number of carbonyl (C=O) groups is 1. The van der Waals surface area contributed by atoms with Crippen LogP contribution in [0, 0.1) is 0 Å². The van der Waals surface area contributed by atoms with Gasteiger partial charge in [0.25, 0.3) is 0 Å². The molecule has 0 radical (unpaired) electrons. The van der Waals surface area contributed by atoms with Crippen molar-refractivity contribution < 1.29 is 9.53 Å². The smallest absolute Gasteiger partial charge is 0.338 e. The van der Waals surface area contributed by atoms with Gasteiger partial charge in [0, 0.05) is 0 Å². The monoisotopic (exact) mass is 226 g/mol. The third-order valence-electron chi connectivity index (χ3n) is 2.44. The second-order valence-electron chi connectivity index (χ2n) is 3.68. The molecule has 0 amide bonds. The molecule has 0 fully saturated rings. The molecular formula is C15H14O2. The zero-order valence-corrected chi connectivity index (χ0v) is 9.50. The van der Waals surface area contributed by atoms with Gasteiger partial charge in [0.15, 0.2) is 0 Å². The molecule has 0 aliphatic carbocycles. The maximum absolute atomic E-state index is 11.8. The predicted octanol–water partition coefficient (Wildman–Crippen LogP) is 3.37. The molecule has 1 aliphatic heterocycles. The van der Waals surface area contributed by atoms with Gasteiger partial charge < -0.3 is 4.74 Å². The minimum absolute atomic E-state index is 0.261. The van der Waals surface area contributed by atoms with Gasteiger partial charge in [-0.15, -0.1) is 0 Å². The minimum Gasteiger partial charge on any atom is -0.462 e. The van der Waals surface area contributed by atoms with Crippen LogP contribution in [0.25, 0.3) is 6.08 Å². The van der Waals surface area contributed by atoms with E-state index < -0.39 is 0 Å². The topological polar surface area (TPSA) is 26.3 Å². The van der Waals surface area contributed by atoms with E-state index in [2.05, 4.69) is 0 Å². The highest BCUT2D eigenvalue weighted by molar-refractivity contribution is 5.93. The van der Waals surface area contributed by atoms with E-state index in [0.717, 1.165) is 12.0 Å². The number of fused-ring (bicyclic) bond motifs is 1. The second kappa shape index (κ2) is 5.85. The molecule has 0 saturated heterocycles. The number of ether oxygens (including phenoxy) is 1. The second-order valence-corrected chi connectivity index (χ2v) is 3.68. The highest BCUT2D eigenvalue weighted by Gasteiger charge is 2.09. The lowest BCUT2D eigenvalue weighted by Crippen LogP contribution is -2.07. The first-order valence-corrected chi connectivity index (χ1v) is 5.64. The lowest BCUT2D eigenvalue weighted by atomic mass is 10.1. The highest BCUT2D eigenvalue weighted by Crippen LogP contribution is 2.13. The molecule has 0 atom stereocenters. The third kappa shape index (κ3) is 3.18. The lowest BCUT2D eigenvalue weighted by molar-refractivity contribution is 0.0511. The van der Waals surface area contributed by atoms with Crippen LogP contribution in [0.2, 0.25) is 0 Å². The van der Waals surface area contributed by atoms with E-state index in [1.165, 1.54) is 0 Å². The maximum Gasteiger partial charge on any atom is 0.338 e. The molecule has 1 heterocycles. The Bertz CT molecular complexity index is 481. The Morgan fingerprint density at radius 2 is 1.82 bits per heavy atom. The summed E-state index contributed by atoms with van der Waals surface area (Å²) in [6.45, 7) is 0.418. The van der Waals surface area contributed by atoms with Gasteiger partial charge in [-0.25, -0.2) is 4.79 Å². The van der Waals surface area contributed by atoms with Crippen molar-refractivity contribution in [3.8, 4) is 0 Å². The minimum atomic E-state index is -0.261. The van der Waals surface area contributed by atoms with Crippen molar-refractivity contribution in [1.82, 2.24) is 0 Å². The fraction of sp³-hybridized carbons (Fsp3) is 0.133. The molecule has 0 aromatic heterocycles. The third-order valence-corrected chi connectivity index (χ3v) is 2.44. The Hall–Kier alpha value is -2.09. The van der Waals surface area contributed by atoms with Gasteiger partial charge in [-0.05, 0) is 18.1 Å². The van der Waals surface area contributed by atoms with Crippen molar-refractivity contribution in [1.29, 1.82) is 0 Å². The normalized spacial score (nSPS) is 21.3.